The van der Waals surface area contributed by atoms with Gasteiger partial charge in [0.2, 0.25) is 11.5 Å². The maximum atomic E-state index is 14.5. The highest BCUT2D eigenvalue weighted by Gasteiger charge is 2.57. The highest BCUT2D eigenvalue weighted by atomic mass is 35.5. The third kappa shape index (κ3) is 4.31. The molecular weight excluding hydrogens is 558 g/mol. The average Bonchev–Trinajstić information content (AvgIpc) is 3.53. The molecule has 2 atom stereocenters. The third-order valence-corrected chi connectivity index (χ3v) is 7.30. The maximum Gasteiger partial charge on any atom is 0.424 e. The number of benzene rings is 1. The Morgan fingerprint density at radius 3 is 2.60 bits per heavy atom. The fourth-order valence-corrected chi connectivity index (χ4v) is 4.66. The molecule has 5 N–H and O–H groups in total. The Hall–Kier alpha value is -4.23. The van der Waals surface area contributed by atoms with Crippen LogP contribution in [0.4, 0.5) is 17.6 Å². The quantitative estimate of drug-likeness (QED) is 0.257. The second-order valence-corrected chi connectivity index (χ2v) is 9.87. The minimum atomic E-state index is -5.36. The molecule has 3 aromatic heterocycles. The number of nitrogens with one attached hydrogen (secondary N) is 2. The molecule has 9 nitrogen and oxygen atoms in total. The highest BCUT2D eigenvalue weighted by Crippen LogP contribution is 2.47. The Balaban J connectivity index is 1.60. The SMILES string of the molecule is C[C@]1(C(N)=O)COc2c1cc([C@@](O)(CNC(=O)c1cnc3[nH]ccc3c1Cl)C(F)(F)F)nc2-c1ccc(F)cc1. The van der Waals surface area contributed by atoms with Crippen LogP contribution in [0.2, 0.25) is 5.02 Å². The molecule has 5 rings (SSSR count). The normalized spacial score (nSPS) is 18.2. The van der Waals surface area contributed by atoms with Gasteiger partial charge in [0.1, 0.15) is 34.9 Å². The van der Waals surface area contributed by atoms with Crippen LogP contribution in [-0.4, -0.2) is 51.2 Å². The van der Waals surface area contributed by atoms with E-state index in [0.29, 0.717) is 11.0 Å². The highest BCUT2D eigenvalue weighted by molar-refractivity contribution is 6.38. The number of aromatic nitrogens is 3. The fourth-order valence-electron chi connectivity index (χ4n) is 4.38. The van der Waals surface area contributed by atoms with E-state index in [2.05, 4.69) is 20.3 Å². The van der Waals surface area contributed by atoms with Gasteiger partial charge in [-0.2, -0.15) is 13.2 Å². The monoisotopic (exact) mass is 577 g/mol. The van der Waals surface area contributed by atoms with Crippen molar-refractivity contribution in [2.75, 3.05) is 13.2 Å². The van der Waals surface area contributed by atoms with Gasteiger partial charge in [0.25, 0.3) is 5.91 Å². The summed E-state index contributed by atoms with van der Waals surface area (Å²) in [5, 5.41) is 13.5. The zero-order chi connectivity index (χ0) is 29.0. The Morgan fingerprint density at radius 1 is 1.25 bits per heavy atom. The van der Waals surface area contributed by atoms with Crippen molar-refractivity contribution < 1.29 is 37.0 Å². The molecule has 1 aromatic carbocycles. The zero-order valence-corrected chi connectivity index (χ0v) is 21.3. The van der Waals surface area contributed by atoms with E-state index in [9.17, 15) is 32.3 Å². The first-order chi connectivity index (χ1) is 18.8. The summed E-state index contributed by atoms with van der Waals surface area (Å²) in [5.74, 6) is -2.57. The summed E-state index contributed by atoms with van der Waals surface area (Å²) in [5.41, 5.74) is -0.636. The Labute approximate surface area is 228 Å². The van der Waals surface area contributed by atoms with E-state index in [-0.39, 0.29) is 39.8 Å². The Morgan fingerprint density at radius 2 is 1.95 bits per heavy atom. The van der Waals surface area contributed by atoms with E-state index < -0.39 is 47.1 Å². The first-order valence-electron chi connectivity index (χ1n) is 11.7. The van der Waals surface area contributed by atoms with E-state index in [0.717, 1.165) is 24.4 Å². The number of pyridine rings is 2. The number of nitrogens with two attached hydrogens (primary N) is 1. The van der Waals surface area contributed by atoms with Crippen molar-refractivity contribution in [2.24, 2.45) is 5.73 Å². The lowest BCUT2D eigenvalue weighted by molar-refractivity contribution is -0.265. The van der Waals surface area contributed by atoms with Gasteiger partial charge >= 0.3 is 6.18 Å². The van der Waals surface area contributed by atoms with E-state index in [1.807, 2.05) is 0 Å². The van der Waals surface area contributed by atoms with Gasteiger partial charge in [-0.05, 0) is 43.3 Å². The number of fused-ring (bicyclic) bond motifs is 2. The van der Waals surface area contributed by atoms with Crippen LogP contribution in [0.1, 0.15) is 28.5 Å². The van der Waals surface area contributed by atoms with E-state index >= 15 is 0 Å². The molecule has 0 bridgehead atoms. The number of ether oxygens (including phenoxy) is 1. The van der Waals surface area contributed by atoms with Crippen molar-refractivity contribution in [3.8, 4) is 17.0 Å². The molecule has 0 unspecified atom stereocenters. The molecule has 0 radical (unpaired) electrons. The first kappa shape index (κ1) is 27.3. The summed E-state index contributed by atoms with van der Waals surface area (Å²) < 4.78 is 62.8. The number of aromatic amines is 1. The fraction of sp³-hybridized carbons (Fsp3) is 0.231. The second-order valence-electron chi connectivity index (χ2n) is 9.49. The molecule has 4 heterocycles. The van der Waals surface area contributed by atoms with Crippen molar-refractivity contribution in [3.63, 3.8) is 0 Å². The average molecular weight is 578 g/mol. The lowest BCUT2D eigenvalue weighted by atomic mass is 9.81. The van der Waals surface area contributed by atoms with Crippen LogP contribution >= 0.6 is 11.6 Å². The van der Waals surface area contributed by atoms with Gasteiger partial charge in [0, 0.05) is 28.9 Å². The maximum absolute atomic E-state index is 14.5. The number of carbonyl (C=O) groups excluding carboxylic acids is 2. The number of nitrogens with zero attached hydrogens (tertiary/aromatic N) is 2. The van der Waals surface area contributed by atoms with E-state index in [4.69, 9.17) is 22.1 Å². The lowest BCUT2D eigenvalue weighted by Crippen LogP contribution is -2.52. The molecule has 208 valence electrons. The molecule has 14 heteroatoms. The lowest BCUT2D eigenvalue weighted by Gasteiger charge is -2.31. The number of alkyl halides is 3. The van der Waals surface area contributed by atoms with Gasteiger partial charge in [-0.1, -0.05) is 11.6 Å². The molecule has 4 aromatic rings. The number of hydrogen-bond donors (Lipinski definition) is 4. The molecule has 0 saturated heterocycles. The summed E-state index contributed by atoms with van der Waals surface area (Å²) in [7, 11) is 0. The molecule has 0 fully saturated rings. The minimum absolute atomic E-state index is 0.0390. The van der Waals surface area contributed by atoms with Crippen LogP contribution in [0.5, 0.6) is 5.75 Å². The van der Waals surface area contributed by atoms with Gasteiger partial charge in [0.05, 0.1) is 22.8 Å². The molecule has 1 aliphatic heterocycles. The number of hydrogen-bond acceptors (Lipinski definition) is 6. The van der Waals surface area contributed by atoms with Crippen molar-refractivity contribution >= 4 is 34.4 Å². The van der Waals surface area contributed by atoms with Crippen LogP contribution in [0.15, 0.2) is 48.8 Å². The number of amides is 2. The van der Waals surface area contributed by atoms with Crippen LogP contribution in [0, 0.1) is 5.82 Å². The Bertz CT molecular complexity index is 1660. The van der Waals surface area contributed by atoms with Crippen LogP contribution < -0.4 is 15.8 Å². The number of H-pyrrole nitrogens is 1. The zero-order valence-electron chi connectivity index (χ0n) is 20.6. The molecule has 40 heavy (non-hydrogen) atoms. The summed E-state index contributed by atoms with van der Waals surface area (Å²) >= 11 is 6.26. The second kappa shape index (κ2) is 9.45. The predicted molar refractivity (Wildman–Crippen MR) is 135 cm³/mol. The van der Waals surface area contributed by atoms with Crippen molar-refractivity contribution in [1.82, 2.24) is 20.3 Å². The Kier molecular flexibility index (Phi) is 6.46. The molecule has 0 spiro atoms. The molecule has 2 amide bonds. The van der Waals surface area contributed by atoms with Crippen LogP contribution in [0.3, 0.4) is 0 Å². The summed E-state index contributed by atoms with van der Waals surface area (Å²) in [6.45, 7) is -0.301. The van der Waals surface area contributed by atoms with Crippen LogP contribution in [-0.2, 0) is 15.8 Å². The number of aliphatic hydroxyl groups is 1. The van der Waals surface area contributed by atoms with Gasteiger partial charge < -0.3 is 25.9 Å². The summed E-state index contributed by atoms with van der Waals surface area (Å²) in [4.78, 5) is 36.1. The smallest absolute Gasteiger partial charge is 0.424 e. The summed E-state index contributed by atoms with van der Waals surface area (Å²) in [6, 6.07) is 7.05. The van der Waals surface area contributed by atoms with Gasteiger partial charge in [0.15, 0.2) is 0 Å². The standard InChI is InChI=1S/C26H20ClF4N5O4/c1-24(23(32)38)11-40-20-16(24)8-17(36-19(20)12-2-4-13(28)5-3-12)25(39,26(29,30)31)10-35-22(37)15-9-34-21-14(18(15)27)6-7-33-21/h2-9,39H,10-11H2,1H3,(H2,32,38)(H,33,34)(H,35,37)/t24-,25-/m0/s1. The third-order valence-electron chi connectivity index (χ3n) is 6.90. The summed E-state index contributed by atoms with van der Waals surface area (Å²) in [6.07, 6.45) is -2.76. The van der Waals surface area contributed by atoms with Crippen molar-refractivity contribution in [3.05, 3.63) is 76.5 Å². The van der Waals surface area contributed by atoms with Crippen LogP contribution in [0.25, 0.3) is 22.3 Å². The van der Waals surface area contributed by atoms with E-state index in [1.165, 1.54) is 31.3 Å². The van der Waals surface area contributed by atoms with Crippen molar-refractivity contribution in [2.45, 2.75) is 24.1 Å². The predicted octanol–water partition coefficient (Wildman–Crippen LogP) is 3.73. The molecule has 1 aliphatic rings. The van der Waals surface area contributed by atoms with E-state index in [1.54, 1.807) is 0 Å². The van der Waals surface area contributed by atoms with Gasteiger partial charge in [-0.3, -0.25) is 9.59 Å². The molecular formula is C26H20ClF4N5O4. The van der Waals surface area contributed by atoms with Gasteiger partial charge in [-0.25, -0.2) is 14.4 Å². The number of carbonyl (C=O) groups is 2. The first-order valence-corrected chi connectivity index (χ1v) is 12.1. The van der Waals surface area contributed by atoms with Gasteiger partial charge in [-0.15, -0.1) is 0 Å². The topological polar surface area (TPSA) is 143 Å². The molecule has 0 saturated carbocycles. The molecule has 0 aliphatic carbocycles. The number of rotatable bonds is 6. The number of primary amides is 1. The largest absolute Gasteiger partial charge is 0.489 e. The number of halogens is 5. The minimum Gasteiger partial charge on any atom is -0.489 e. The van der Waals surface area contributed by atoms with Crippen molar-refractivity contribution in [1.29, 1.82) is 0 Å².